The number of nitrogens with zero attached hydrogens (tertiary/aromatic N) is 1. The quantitative estimate of drug-likeness (QED) is 0.695. The van der Waals surface area contributed by atoms with Crippen molar-refractivity contribution in [2.75, 3.05) is 19.7 Å². The van der Waals surface area contributed by atoms with Crippen molar-refractivity contribution in [3.8, 4) is 5.75 Å². The lowest BCUT2D eigenvalue weighted by molar-refractivity contribution is -0.137. The van der Waals surface area contributed by atoms with E-state index in [2.05, 4.69) is 47.5 Å². The van der Waals surface area contributed by atoms with Crippen LogP contribution in [0.3, 0.4) is 0 Å². The number of ether oxygens (including phenoxy) is 1. The Bertz CT molecular complexity index is 948. The fourth-order valence-electron chi connectivity index (χ4n) is 4.90. The van der Waals surface area contributed by atoms with Crippen LogP contribution in [0.15, 0.2) is 42.5 Å². The summed E-state index contributed by atoms with van der Waals surface area (Å²) in [6, 6.07) is 14.4. The first kappa shape index (κ1) is 22.4. The van der Waals surface area contributed by atoms with Crippen LogP contribution in [-0.4, -0.2) is 36.4 Å². The Kier molecular flexibility index (Phi) is 7.13. The summed E-state index contributed by atoms with van der Waals surface area (Å²) >= 11 is 0. The molecule has 32 heavy (non-hydrogen) atoms. The molecule has 1 heterocycles. The lowest BCUT2D eigenvalue weighted by Gasteiger charge is -2.39. The molecular formula is C27H34N2O3. The second-order valence-electron chi connectivity index (χ2n) is 9.08. The molecule has 5 nitrogen and oxygen atoms in total. The summed E-state index contributed by atoms with van der Waals surface area (Å²) in [5, 5.41) is 2.84. The van der Waals surface area contributed by atoms with E-state index >= 15 is 0 Å². The first-order chi connectivity index (χ1) is 15.6. The van der Waals surface area contributed by atoms with Crippen LogP contribution in [0, 0.1) is 12.8 Å². The van der Waals surface area contributed by atoms with Gasteiger partial charge in [-0.1, -0.05) is 55.7 Å². The topological polar surface area (TPSA) is 58.6 Å². The Balaban J connectivity index is 1.63. The van der Waals surface area contributed by atoms with Gasteiger partial charge in [0.05, 0.1) is 6.04 Å². The molecule has 4 rings (SSSR count). The minimum Gasteiger partial charge on any atom is -0.484 e. The smallest absolute Gasteiger partial charge is 0.257 e. The van der Waals surface area contributed by atoms with Crippen molar-refractivity contribution < 1.29 is 14.3 Å². The Morgan fingerprint density at radius 1 is 1.09 bits per heavy atom. The molecule has 170 valence electrons. The molecule has 2 amide bonds. The number of carbonyl (C=O) groups excluding carboxylic acids is 2. The van der Waals surface area contributed by atoms with Crippen LogP contribution < -0.4 is 10.1 Å². The van der Waals surface area contributed by atoms with Crippen LogP contribution in [0.5, 0.6) is 5.75 Å². The van der Waals surface area contributed by atoms with E-state index in [9.17, 15) is 9.59 Å². The molecule has 2 aromatic carbocycles. The summed E-state index contributed by atoms with van der Waals surface area (Å²) in [6.45, 7) is 5.49. The van der Waals surface area contributed by atoms with E-state index in [1.54, 1.807) is 0 Å². The van der Waals surface area contributed by atoms with Crippen molar-refractivity contribution in [1.82, 2.24) is 10.2 Å². The maximum atomic E-state index is 13.5. The van der Waals surface area contributed by atoms with E-state index in [-0.39, 0.29) is 30.4 Å². The van der Waals surface area contributed by atoms with Gasteiger partial charge in [-0.2, -0.15) is 0 Å². The average Bonchev–Trinajstić information content (AvgIpc) is 3.36. The molecule has 2 aromatic rings. The van der Waals surface area contributed by atoms with Gasteiger partial charge < -0.3 is 15.0 Å². The Labute approximate surface area is 191 Å². The van der Waals surface area contributed by atoms with Crippen molar-refractivity contribution in [1.29, 1.82) is 0 Å². The highest BCUT2D eigenvalue weighted by Gasteiger charge is 2.36. The molecule has 0 bridgehead atoms. The van der Waals surface area contributed by atoms with E-state index in [0.29, 0.717) is 12.3 Å². The van der Waals surface area contributed by atoms with Gasteiger partial charge in [0, 0.05) is 19.0 Å². The number of rotatable bonds is 7. The number of benzene rings is 2. The third-order valence-corrected chi connectivity index (χ3v) is 6.67. The zero-order chi connectivity index (χ0) is 22.5. The zero-order valence-corrected chi connectivity index (χ0v) is 19.2. The molecule has 1 aliphatic carbocycles. The van der Waals surface area contributed by atoms with E-state index < -0.39 is 0 Å². The molecule has 0 unspecified atom stereocenters. The fourth-order valence-corrected chi connectivity index (χ4v) is 4.90. The highest BCUT2D eigenvalue weighted by molar-refractivity contribution is 5.80. The average molecular weight is 435 g/mol. The molecule has 0 radical (unpaired) electrons. The van der Waals surface area contributed by atoms with Gasteiger partial charge in [0.1, 0.15) is 5.75 Å². The molecule has 2 aliphatic rings. The standard InChI is InChI=1S/C27H34N2O3/c1-3-15-28-25(30)18-32-23-13-12-20-14-16-29(27(31)22-6-4-5-7-22)26(24(20)17-23)21-10-8-19(2)9-11-21/h8-13,17,22,26H,3-7,14-16,18H2,1-2H3,(H,28,30)/t26-/m0/s1. The highest BCUT2D eigenvalue weighted by Crippen LogP contribution is 2.39. The molecule has 1 fully saturated rings. The lowest BCUT2D eigenvalue weighted by Crippen LogP contribution is -2.43. The van der Waals surface area contributed by atoms with E-state index in [1.807, 2.05) is 19.1 Å². The third-order valence-electron chi connectivity index (χ3n) is 6.67. The van der Waals surface area contributed by atoms with Crippen LogP contribution in [0.2, 0.25) is 0 Å². The van der Waals surface area contributed by atoms with Crippen molar-refractivity contribution in [2.24, 2.45) is 5.92 Å². The molecule has 1 aliphatic heterocycles. The minimum atomic E-state index is -0.120. The van der Waals surface area contributed by atoms with Crippen molar-refractivity contribution in [2.45, 2.75) is 58.4 Å². The first-order valence-corrected chi connectivity index (χ1v) is 12.0. The number of fused-ring (bicyclic) bond motifs is 1. The Hall–Kier alpha value is -2.82. The van der Waals surface area contributed by atoms with Gasteiger partial charge in [0.25, 0.3) is 5.91 Å². The van der Waals surface area contributed by atoms with Crippen molar-refractivity contribution in [3.05, 3.63) is 64.7 Å². The predicted octanol–water partition coefficient (Wildman–Crippen LogP) is 4.56. The summed E-state index contributed by atoms with van der Waals surface area (Å²) < 4.78 is 5.81. The molecule has 1 atom stereocenters. The SMILES string of the molecule is CCCNC(=O)COc1ccc2c(c1)[C@H](c1ccc(C)cc1)N(C(=O)C1CCCC1)CC2. The van der Waals surface area contributed by atoms with Gasteiger partial charge >= 0.3 is 0 Å². The number of amides is 2. The largest absolute Gasteiger partial charge is 0.484 e. The van der Waals surface area contributed by atoms with Crippen LogP contribution in [-0.2, 0) is 16.0 Å². The monoisotopic (exact) mass is 434 g/mol. The maximum absolute atomic E-state index is 13.5. The van der Waals surface area contributed by atoms with Gasteiger partial charge in [-0.05, 0) is 61.4 Å². The zero-order valence-electron chi connectivity index (χ0n) is 19.2. The molecule has 0 spiro atoms. The summed E-state index contributed by atoms with van der Waals surface area (Å²) in [7, 11) is 0. The normalized spacial score (nSPS) is 18.3. The fraction of sp³-hybridized carbons (Fsp3) is 0.481. The van der Waals surface area contributed by atoms with Gasteiger partial charge in [-0.3, -0.25) is 9.59 Å². The molecule has 0 saturated heterocycles. The molecule has 0 aromatic heterocycles. The summed E-state index contributed by atoms with van der Waals surface area (Å²) in [5.74, 6) is 0.982. The van der Waals surface area contributed by atoms with E-state index in [4.69, 9.17) is 4.74 Å². The molecule has 1 N–H and O–H groups in total. The van der Waals surface area contributed by atoms with Crippen LogP contribution in [0.25, 0.3) is 0 Å². The highest BCUT2D eigenvalue weighted by atomic mass is 16.5. The predicted molar refractivity (Wildman–Crippen MR) is 126 cm³/mol. The molecular weight excluding hydrogens is 400 g/mol. The van der Waals surface area contributed by atoms with Gasteiger partial charge in [-0.15, -0.1) is 0 Å². The molecule has 5 heteroatoms. The summed E-state index contributed by atoms with van der Waals surface area (Å²) in [4.78, 5) is 27.6. The summed E-state index contributed by atoms with van der Waals surface area (Å²) in [6.07, 6.45) is 6.03. The van der Waals surface area contributed by atoms with Crippen LogP contribution >= 0.6 is 0 Å². The minimum absolute atomic E-state index is 0.00129. The number of hydrogen-bond acceptors (Lipinski definition) is 3. The van der Waals surface area contributed by atoms with E-state index in [1.165, 1.54) is 11.1 Å². The summed E-state index contributed by atoms with van der Waals surface area (Å²) in [5.41, 5.74) is 4.68. The second-order valence-corrected chi connectivity index (χ2v) is 9.08. The Morgan fingerprint density at radius 3 is 2.56 bits per heavy atom. The third kappa shape index (κ3) is 4.98. The van der Waals surface area contributed by atoms with Gasteiger partial charge in [0.15, 0.2) is 6.61 Å². The second kappa shape index (κ2) is 10.2. The number of aryl methyl sites for hydroxylation is 1. The molecule has 1 saturated carbocycles. The van der Waals surface area contributed by atoms with Gasteiger partial charge in [-0.25, -0.2) is 0 Å². The number of nitrogens with one attached hydrogen (secondary N) is 1. The maximum Gasteiger partial charge on any atom is 0.257 e. The van der Waals surface area contributed by atoms with Gasteiger partial charge in [0.2, 0.25) is 5.91 Å². The van der Waals surface area contributed by atoms with Crippen LogP contribution in [0.4, 0.5) is 0 Å². The van der Waals surface area contributed by atoms with Crippen LogP contribution in [0.1, 0.15) is 67.3 Å². The first-order valence-electron chi connectivity index (χ1n) is 12.0. The number of hydrogen-bond donors (Lipinski definition) is 1. The van der Waals surface area contributed by atoms with E-state index in [0.717, 1.165) is 56.2 Å². The van der Waals surface area contributed by atoms with Crippen molar-refractivity contribution in [3.63, 3.8) is 0 Å². The Morgan fingerprint density at radius 2 is 1.84 bits per heavy atom. The van der Waals surface area contributed by atoms with Crippen molar-refractivity contribution >= 4 is 11.8 Å². The lowest BCUT2D eigenvalue weighted by atomic mass is 9.86. The number of carbonyl (C=O) groups is 2.